The van der Waals surface area contributed by atoms with Gasteiger partial charge in [0.05, 0.1) is 16.9 Å². The van der Waals surface area contributed by atoms with E-state index >= 15 is 0 Å². The zero-order valence-corrected chi connectivity index (χ0v) is 11.5. The number of carbonyl (C=O) groups is 1. The number of carbonyl (C=O) groups excluding carboxylic acids is 1. The molecule has 0 saturated carbocycles. The van der Waals surface area contributed by atoms with Crippen molar-refractivity contribution in [3.8, 4) is 0 Å². The van der Waals surface area contributed by atoms with E-state index in [0.29, 0.717) is 4.31 Å². The number of hydrogen-bond acceptors (Lipinski definition) is 5. The van der Waals surface area contributed by atoms with E-state index in [4.69, 9.17) is 0 Å². The number of amides is 1. The van der Waals surface area contributed by atoms with Gasteiger partial charge < -0.3 is 0 Å². The van der Waals surface area contributed by atoms with Gasteiger partial charge in [0.1, 0.15) is 0 Å². The zero-order valence-electron chi connectivity index (χ0n) is 10.7. The molecule has 0 spiro atoms. The van der Waals surface area contributed by atoms with E-state index in [0.717, 1.165) is 18.4 Å². The first-order valence-electron chi connectivity index (χ1n) is 5.43. The third-order valence-electron chi connectivity index (χ3n) is 2.32. The quantitative estimate of drug-likeness (QED) is 0.617. The average molecular weight is 286 g/mol. The molecule has 8 heteroatoms. The summed E-state index contributed by atoms with van der Waals surface area (Å²) in [5.41, 5.74) is -0.0824. The van der Waals surface area contributed by atoms with Crippen LogP contribution in [0.4, 0.5) is 11.4 Å². The Morgan fingerprint density at radius 2 is 1.74 bits per heavy atom. The largest absolute Gasteiger partial charge is 0.273 e. The summed E-state index contributed by atoms with van der Waals surface area (Å²) in [5.74, 6) is -1.10. The van der Waals surface area contributed by atoms with Crippen LogP contribution in [-0.4, -0.2) is 25.5 Å². The molecule has 1 rings (SSSR count). The maximum absolute atomic E-state index is 11.9. The van der Waals surface area contributed by atoms with Crippen LogP contribution in [-0.2, 0) is 14.8 Å². The molecule has 0 N–H and O–H groups in total. The molecular weight excluding hydrogens is 272 g/mol. The molecule has 7 nitrogen and oxygen atoms in total. The van der Waals surface area contributed by atoms with Crippen LogP contribution in [0.25, 0.3) is 0 Å². The highest BCUT2D eigenvalue weighted by atomic mass is 32.2. The van der Waals surface area contributed by atoms with Crippen molar-refractivity contribution in [2.24, 2.45) is 5.92 Å². The molecule has 0 radical (unpaired) electrons. The number of anilines is 1. The number of benzene rings is 1. The Kier molecular flexibility index (Phi) is 4.25. The normalized spacial score (nSPS) is 11.4. The highest BCUT2D eigenvalue weighted by molar-refractivity contribution is 7.92. The number of rotatable bonds is 4. The molecule has 0 saturated heterocycles. The third-order valence-corrected chi connectivity index (χ3v) is 3.37. The Morgan fingerprint density at radius 3 is 2.05 bits per heavy atom. The van der Waals surface area contributed by atoms with E-state index in [-0.39, 0.29) is 11.4 Å². The molecule has 0 aliphatic heterocycles. The van der Waals surface area contributed by atoms with Crippen LogP contribution < -0.4 is 4.31 Å². The van der Waals surface area contributed by atoms with Gasteiger partial charge in [-0.1, -0.05) is 13.8 Å². The molecule has 0 fully saturated rings. The number of hydrogen-bond donors (Lipinski definition) is 0. The predicted octanol–water partition coefficient (Wildman–Crippen LogP) is 1.54. The lowest BCUT2D eigenvalue weighted by molar-refractivity contribution is -0.384. The molecule has 19 heavy (non-hydrogen) atoms. The summed E-state index contributed by atoms with van der Waals surface area (Å²) >= 11 is 0. The number of nitrogens with zero attached hydrogens (tertiary/aromatic N) is 2. The van der Waals surface area contributed by atoms with Gasteiger partial charge in [0, 0.05) is 18.1 Å². The number of nitro benzene ring substituents is 1. The zero-order chi connectivity index (χ0) is 14.8. The van der Waals surface area contributed by atoms with E-state index in [1.807, 2.05) is 0 Å². The molecule has 0 aliphatic carbocycles. The summed E-state index contributed by atoms with van der Waals surface area (Å²) in [7, 11) is -3.78. The lowest BCUT2D eigenvalue weighted by Gasteiger charge is -2.22. The summed E-state index contributed by atoms with van der Waals surface area (Å²) in [6, 6.07) is 4.78. The summed E-state index contributed by atoms with van der Waals surface area (Å²) in [6.07, 6.45) is 0.911. The molecule has 1 aromatic rings. The first-order chi connectivity index (χ1) is 8.64. The summed E-state index contributed by atoms with van der Waals surface area (Å²) in [5, 5.41) is 10.5. The third kappa shape index (κ3) is 3.50. The maximum atomic E-state index is 11.9. The van der Waals surface area contributed by atoms with E-state index in [1.165, 1.54) is 12.1 Å². The van der Waals surface area contributed by atoms with Crippen molar-refractivity contribution in [1.82, 2.24) is 0 Å². The first kappa shape index (κ1) is 15.1. The van der Waals surface area contributed by atoms with Crippen molar-refractivity contribution >= 4 is 27.3 Å². The van der Waals surface area contributed by atoms with Gasteiger partial charge in [0.25, 0.3) is 5.69 Å². The van der Waals surface area contributed by atoms with Crippen molar-refractivity contribution in [2.45, 2.75) is 13.8 Å². The van der Waals surface area contributed by atoms with Gasteiger partial charge in [-0.3, -0.25) is 14.9 Å². The van der Waals surface area contributed by atoms with Crippen molar-refractivity contribution < 1.29 is 18.1 Å². The molecular formula is C11H14N2O5S. The van der Waals surface area contributed by atoms with E-state index in [9.17, 15) is 23.3 Å². The van der Waals surface area contributed by atoms with Crippen molar-refractivity contribution in [3.05, 3.63) is 34.4 Å². The van der Waals surface area contributed by atoms with Crippen LogP contribution in [0.3, 0.4) is 0 Å². The highest BCUT2D eigenvalue weighted by Crippen LogP contribution is 2.23. The Bertz CT molecular complexity index is 592. The molecule has 0 unspecified atom stereocenters. The topological polar surface area (TPSA) is 97.6 Å². The number of sulfonamides is 1. The Labute approximate surface area is 111 Å². The standard InChI is InChI=1S/C11H14N2O5S/c1-8(2)11(14)12(19(3,17)18)9-4-6-10(7-5-9)13(15)16/h4-8H,1-3H3. The second-order valence-corrected chi connectivity index (χ2v) is 6.13. The fourth-order valence-corrected chi connectivity index (χ4v) is 2.47. The molecule has 0 aliphatic rings. The van der Waals surface area contributed by atoms with Gasteiger partial charge >= 0.3 is 0 Å². The van der Waals surface area contributed by atoms with Gasteiger partial charge in [-0.2, -0.15) is 0 Å². The maximum Gasteiger partial charge on any atom is 0.269 e. The second-order valence-electron chi connectivity index (χ2n) is 4.29. The van der Waals surface area contributed by atoms with Crippen molar-refractivity contribution in [1.29, 1.82) is 0 Å². The first-order valence-corrected chi connectivity index (χ1v) is 7.28. The lowest BCUT2D eigenvalue weighted by Crippen LogP contribution is -2.38. The van der Waals surface area contributed by atoms with Gasteiger partial charge in [-0.15, -0.1) is 0 Å². The van der Waals surface area contributed by atoms with Gasteiger partial charge in [-0.05, 0) is 12.1 Å². The Hall–Kier alpha value is -1.96. The van der Waals surface area contributed by atoms with Gasteiger partial charge in [0.2, 0.25) is 15.9 Å². The van der Waals surface area contributed by atoms with Crippen LogP contribution >= 0.6 is 0 Å². The van der Waals surface area contributed by atoms with E-state index in [1.54, 1.807) is 13.8 Å². The molecule has 0 heterocycles. The number of nitro groups is 1. The minimum Gasteiger partial charge on any atom is -0.273 e. The summed E-state index contributed by atoms with van der Waals surface area (Å²) in [6.45, 7) is 3.15. The van der Waals surface area contributed by atoms with Crippen LogP contribution in [0.15, 0.2) is 24.3 Å². The fraction of sp³-hybridized carbons (Fsp3) is 0.364. The molecule has 1 amide bonds. The smallest absolute Gasteiger partial charge is 0.269 e. The second kappa shape index (κ2) is 5.35. The predicted molar refractivity (Wildman–Crippen MR) is 70.3 cm³/mol. The molecule has 1 aromatic carbocycles. The minimum absolute atomic E-state index is 0.0896. The summed E-state index contributed by atoms with van der Waals surface area (Å²) < 4.78 is 24.0. The molecule has 0 atom stereocenters. The average Bonchev–Trinajstić information content (AvgIpc) is 2.27. The monoisotopic (exact) mass is 286 g/mol. The Morgan fingerprint density at radius 1 is 1.26 bits per heavy atom. The van der Waals surface area contributed by atoms with Crippen molar-refractivity contribution in [2.75, 3.05) is 10.6 Å². The minimum atomic E-state index is -3.78. The summed E-state index contributed by atoms with van der Waals surface area (Å²) in [4.78, 5) is 21.9. The van der Waals surface area contributed by atoms with Crippen molar-refractivity contribution in [3.63, 3.8) is 0 Å². The van der Waals surface area contributed by atoms with Crippen LogP contribution in [0.2, 0.25) is 0 Å². The van der Waals surface area contributed by atoms with E-state index < -0.39 is 26.8 Å². The van der Waals surface area contributed by atoms with Gasteiger partial charge in [0.15, 0.2) is 0 Å². The van der Waals surface area contributed by atoms with Crippen LogP contribution in [0.1, 0.15) is 13.8 Å². The fourth-order valence-electron chi connectivity index (χ4n) is 1.43. The highest BCUT2D eigenvalue weighted by Gasteiger charge is 2.27. The SMILES string of the molecule is CC(C)C(=O)N(c1ccc([N+](=O)[O-])cc1)S(C)(=O)=O. The lowest BCUT2D eigenvalue weighted by atomic mass is 10.2. The molecule has 0 aromatic heterocycles. The van der Waals surface area contributed by atoms with Gasteiger partial charge in [-0.25, -0.2) is 12.7 Å². The van der Waals surface area contributed by atoms with Crippen LogP contribution in [0, 0.1) is 16.0 Å². The number of non-ortho nitro benzene ring substituents is 1. The van der Waals surface area contributed by atoms with Crippen LogP contribution in [0.5, 0.6) is 0 Å². The van der Waals surface area contributed by atoms with E-state index in [2.05, 4.69) is 0 Å². The molecule has 0 bridgehead atoms. The Balaban J connectivity index is 3.27. The molecule has 104 valence electrons.